The third-order valence-electron chi connectivity index (χ3n) is 5.55. The molecular formula is C21H21Cl2N3O. The number of rotatable bonds is 5. The molecule has 0 fully saturated rings. The summed E-state index contributed by atoms with van der Waals surface area (Å²) in [6.07, 6.45) is 2.97. The lowest BCUT2D eigenvalue weighted by molar-refractivity contribution is 0.112. The number of halogens is 2. The third-order valence-corrected chi connectivity index (χ3v) is 6.09. The van der Waals surface area contributed by atoms with E-state index in [1.807, 2.05) is 18.2 Å². The van der Waals surface area contributed by atoms with Crippen molar-refractivity contribution >= 4 is 46.5 Å². The summed E-state index contributed by atoms with van der Waals surface area (Å²) in [5.74, 6) is 1.24. The lowest BCUT2D eigenvalue weighted by atomic mass is 9.93. The Morgan fingerprint density at radius 1 is 1.26 bits per heavy atom. The van der Waals surface area contributed by atoms with E-state index >= 15 is 0 Å². The maximum atomic E-state index is 11.6. The van der Waals surface area contributed by atoms with E-state index in [2.05, 4.69) is 29.8 Å². The summed E-state index contributed by atoms with van der Waals surface area (Å²) >= 11 is 12.7. The summed E-state index contributed by atoms with van der Waals surface area (Å²) in [6.45, 7) is 5.05. The van der Waals surface area contributed by atoms with Gasteiger partial charge in [0.05, 0.1) is 22.1 Å². The van der Waals surface area contributed by atoms with Gasteiger partial charge in [-0.3, -0.25) is 9.36 Å². The lowest BCUT2D eigenvalue weighted by Gasteiger charge is -2.18. The summed E-state index contributed by atoms with van der Waals surface area (Å²) in [6, 6.07) is 9.44. The molecule has 1 unspecified atom stereocenters. The van der Waals surface area contributed by atoms with Crippen LogP contribution in [0.2, 0.25) is 10.0 Å². The normalized spacial score (nSPS) is 16.0. The van der Waals surface area contributed by atoms with Gasteiger partial charge in [-0.25, -0.2) is 4.98 Å². The zero-order valence-electron chi connectivity index (χ0n) is 15.3. The number of nitrogens with one attached hydrogen (secondary N) is 1. The van der Waals surface area contributed by atoms with Gasteiger partial charge in [-0.2, -0.15) is 0 Å². The van der Waals surface area contributed by atoms with Gasteiger partial charge in [-0.1, -0.05) is 49.2 Å². The SMILES string of the molecule is CCC(CC)c1ccc(Cl)c2c1nc1n2C(c2ccc(Cl)cc2C=O)CN1. The standard InChI is InChI=1S/C21H21Cl2N3O/c1-3-12(4-2)16-7-8-17(23)20-19(16)25-21-24-10-18(26(20)21)15-6-5-14(22)9-13(15)11-27/h5-9,11-12,18H,3-4,10H2,1-2H3,(H,24,25). The molecule has 6 heteroatoms. The fourth-order valence-corrected chi connectivity index (χ4v) is 4.57. The molecule has 1 N–H and O–H groups in total. The zero-order chi connectivity index (χ0) is 19.1. The molecule has 27 heavy (non-hydrogen) atoms. The van der Waals surface area contributed by atoms with Crippen molar-refractivity contribution in [1.29, 1.82) is 0 Å². The summed E-state index contributed by atoms with van der Waals surface area (Å²) in [5.41, 5.74) is 4.62. The molecular weight excluding hydrogens is 381 g/mol. The molecule has 1 aliphatic rings. The first-order chi connectivity index (χ1) is 13.1. The van der Waals surface area contributed by atoms with Crippen LogP contribution in [0.15, 0.2) is 30.3 Å². The predicted molar refractivity (Wildman–Crippen MR) is 112 cm³/mol. The Hall–Kier alpha value is -2.04. The second kappa shape index (κ2) is 7.17. The highest BCUT2D eigenvalue weighted by Gasteiger charge is 2.31. The third kappa shape index (κ3) is 2.91. The Labute approximate surface area is 168 Å². The zero-order valence-corrected chi connectivity index (χ0v) is 16.8. The number of aldehydes is 1. The number of imidazole rings is 1. The average Bonchev–Trinajstić information content (AvgIpc) is 3.24. The quantitative estimate of drug-likeness (QED) is 0.527. The Morgan fingerprint density at radius 3 is 2.74 bits per heavy atom. The van der Waals surface area contributed by atoms with E-state index in [1.54, 1.807) is 6.07 Å². The van der Waals surface area contributed by atoms with Crippen molar-refractivity contribution in [2.45, 2.75) is 38.6 Å². The van der Waals surface area contributed by atoms with Gasteiger partial charge in [0, 0.05) is 17.1 Å². The molecule has 0 saturated carbocycles. The van der Waals surface area contributed by atoms with Gasteiger partial charge in [0.25, 0.3) is 0 Å². The molecule has 4 nitrogen and oxygen atoms in total. The molecule has 0 radical (unpaired) electrons. The van der Waals surface area contributed by atoms with E-state index in [-0.39, 0.29) is 6.04 Å². The van der Waals surface area contributed by atoms with Crippen LogP contribution in [0, 0.1) is 0 Å². The first-order valence-electron chi connectivity index (χ1n) is 9.27. The molecule has 2 aromatic carbocycles. The van der Waals surface area contributed by atoms with Gasteiger partial charge in [-0.05, 0) is 48.1 Å². The average molecular weight is 402 g/mol. The molecule has 140 valence electrons. The number of fused-ring (bicyclic) bond motifs is 3. The first kappa shape index (κ1) is 18.3. The van der Waals surface area contributed by atoms with Crippen molar-refractivity contribution in [2.75, 3.05) is 11.9 Å². The summed E-state index contributed by atoms with van der Waals surface area (Å²) in [4.78, 5) is 16.5. The Bertz CT molecular complexity index is 1020. The molecule has 4 rings (SSSR count). The number of benzene rings is 2. The number of carbonyl (C=O) groups excluding carboxylic acids is 1. The van der Waals surface area contributed by atoms with Gasteiger partial charge in [0.15, 0.2) is 0 Å². The molecule has 0 amide bonds. The van der Waals surface area contributed by atoms with Crippen LogP contribution in [0.5, 0.6) is 0 Å². The number of aromatic nitrogens is 2. The molecule has 1 atom stereocenters. The van der Waals surface area contributed by atoms with E-state index in [1.165, 1.54) is 5.56 Å². The monoisotopic (exact) mass is 401 g/mol. The Kier molecular flexibility index (Phi) is 4.87. The van der Waals surface area contributed by atoms with E-state index in [0.29, 0.717) is 28.1 Å². The highest BCUT2D eigenvalue weighted by molar-refractivity contribution is 6.35. The van der Waals surface area contributed by atoms with Gasteiger partial charge in [0.2, 0.25) is 5.95 Å². The van der Waals surface area contributed by atoms with Gasteiger partial charge >= 0.3 is 0 Å². The van der Waals surface area contributed by atoms with Crippen molar-refractivity contribution in [3.63, 3.8) is 0 Å². The van der Waals surface area contributed by atoms with Crippen LogP contribution in [-0.2, 0) is 0 Å². The molecule has 2 heterocycles. The Morgan fingerprint density at radius 2 is 2.04 bits per heavy atom. The minimum absolute atomic E-state index is 0.0584. The highest BCUT2D eigenvalue weighted by atomic mass is 35.5. The maximum Gasteiger partial charge on any atom is 0.204 e. The summed E-state index contributed by atoms with van der Waals surface area (Å²) in [7, 11) is 0. The van der Waals surface area contributed by atoms with Crippen LogP contribution in [0.1, 0.15) is 60.1 Å². The molecule has 3 aromatic rings. The topological polar surface area (TPSA) is 46.9 Å². The Balaban J connectivity index is 1.94. The molecule has 0 aliphatic carbocycles. The van der Waals surface area contributed by atoms with Crippen molar-refractivity contribution in [3.8, 4) is 0 Å². The van der Waals surface area contributed by atoms with Crippen molar-refractivity contribution in [2.24, 2.45) is 0 Å². The molecule has 1 aliphatic heterocycles. The van der Waals surface area contributed by atoms with Crippen molar-refractivity contribution < 1.29 is 4.79 Å². The minimum atomic E-state index is -0.0584. The van der Waals surface area contributed by atoms with Crippen LogP contribution >= 0.6 is 23.2 Å². The largest absolute Gasteiger partial charge is 0.353 e. The van der Waals surface area contributed by atoms with Gasteiger partial charge in [-0.15, -0.1) is 0 Å². The fraction of sp³-hybridized carbons (Fsp3) is 0.333. The number of anilines is 1. The summed E-state index contributed by atoms with van der Waals surface area (Å²) in [5, 5.41) is 4.60. The first-order valence-corrected chi connectivity index (χ1v) is 10.0. The van der Waals surface area contributed by atoms with E-state index < -0.39 is 0 Å². The second-order valence-corrected chi connectivity index (χ2v) is 7.78. The van der Waals surface area contributed by atoms with Crippen LogP contribution in [0.3, 0.4) is 0 Å². The molecule has 1 aromatic heterocycles. The van der Waals surface area contributed by atoms with Gasteiger partial charge < -0.3 is 5.32 Å². The minimum Gasteiger partial charge on any atom is -0.353 e. The predicted octanol–water partition coefficient (Wildman–Crippen LogP) is 6.07. The molecule has 0 saturated heterocycles. The van der Waals surface area contributed by atoms with E-state index in [4.69, 9.17) is 28.2 Å². The van der Waals surface area contributed by atoms with E-state index in [0.717, 1.165) is 41.7 Å². The number of hydrogen-bond donors (Lipinski definition) is 1. The summed E-state index contributed by atoms with van der Waals surface area (Å²) < 4.78 is 2.12. The number of carbonyl (C=O) groups is 1. The number of nitrogens with zero attached hydrogens (tertiary/aromatic N) is 2. The maximum absolute atomic E-state index is 11.6. The van der Waals surface area contributed by atoms with Crippen LogP contribution in [0.25, 0.3) is 11.0 Å². The van der Waals surface area contributed by atoms with Crippen molar-refractivity contribution in [3.05, 3.63) is 57.1 Å². The molecule has 0 spiro atoms. The van der Waals surface area contributed by atoms with Crippen LogP contribution in [-0.4, -0.2) is 22.4 Å². The van der Waals surface area contributed by atoms with Gasteiger partial charge in [0.1, 0.15) is 6.29 Å². The van der Waals surface area contributed by atoms with Crippen molar-refractivity contribution in [1.82, 2.24) is 9.55 Å². The fourth-order valence-electron chi connectivity index (χ4n) is 4.15. The number of hydrogen-bond acceptors (Lipinski definition) is 3. The van der Waals surface area contributed by atoms with E-state index in [9.17, 15) is 4.79 Å². The van der Waals surface area contributed by atoms with Crippen LogP contribution < -0.4 is 5.32 Å². The highest BCUT2D eigenvalue weighted by Crippen LogP contribution is 2.41. The molecule has 0 bridgehead atoms. The smallest absolute Gasteiger partial charge is 0.204 e. The van der Waals surface area contributed by atoms with Crippen LogP contribution in [0.4, 0.5) is 5.95 Å². The lowest BCUT2D eigenvalue weighted by Crippen LogP contribution is -2.12. The second-order valence-electron chi connectivity index (χ2n) is 6.94.